The molecule has 0 spiro atoms. The van der Waals surface area contributed by atoms with Crippen molar-refractivity contribution in [2.45, 2.75) is 423 Å². The van der Waals surface area contributed by atoms with E-state index in [0.717, 1.165) is 68.8 Å². The second-order valence-electron chi connectivity index (χ2n) is 46.2. The zero-order valence-corrected chi connectivity index (χ0v) is 79.3. The molecule has 4 aliphatic carbocycles. The fraction of sp³-hybridized carbons (Fsp3) is 0.957. The lowest BCUT2D eigenvalue weighted by molar-refractivity contribution is -0.201. The fourth-order valence-corrected chi connectivity index (χ4v) is 11.6. The average molecular weight is 1530 g/mol. The Morgan fingerprint density at radius 3 is 0.726 bits per heavy atom. The molecule has 4 aliphatic rings. The smallest absolute Gasteiger partial charge is 0.399 e. The van der Waals surface area contributed by atoms with Gasteiger partial charge in [-0.05, 0) is 182 Å². The van der Waals surface area contributed by atoms with Crippen molar-refractivity contribution in [1.29, 1.82) is 0 Å². The zero-order valence-electron chi connectivity index (χ0n) is 79.3. The summed E-state index contributed by atoms with van der Waals surface area (Å²) in [6.07, 6.45) is 4.33. The van der Waals surface area contributed by atoms with E-state index in [2.05, 4.69) is 235 Å². The Morgan fingerprint density at radius 2 is 0.708 bits per heavy atom. The van der Waals surface area contributed by atoms with E-state index in [9.17, 15) is 45.5 Å². The van der Waals surface area contributed by atoms with Crippen LogP contribution in [0.1, 0.15) is 411 Å². The van der Waals surface area contributed by atoms with Gasteiger partial charge in [0.2, 0.25) is 0 Å². The number of Topliss-reactive ketones (excluding diaryl/α,β-unsaturated/α-hetero) is 2. The SMILES string of the molecule is C.CC(=O)[C@@H](C(C)(C)C)C(F)(F)F.CC(=O)[C@H](C(C)(C)C)C(F)(F)F.CC(C(C)(C)C)C(C)(C)C.CC(C)(C)C1(C(=O)O)CC1.CC(C)(C)C1(C)CC1.CC(C)(C)C1(C)CCC1.CC(C)[C@@H](C)C(C)(C)C.CC[C@@H](C)C(C)(C)C.COC[C@@H](C)C(C)(C)C.C[C@H](C(=O)O)C(C)(C)C.C[C@H](C1CC1)C(C)(C)C. The number of hydrogen-bond donors (Lipinski definition) is 2. The van der Waals surface area contributed by atoms with Crippen LogP contribution in [0.5, 0.6) is 0 Å². The molecule has 106 heavy (non-hydrogen) atoms. The fourth-order valence-electron chi connectivity index (χ4n) is 11.6. The Kier molecular flexibility index (Phi) is 50.8. The first-order valence-corrected chi connectivity index (χ1v) is 40.4. The van der Waals surface area contributed by atoms with Gasteiger partial charge in [-0.15, -0.1) is 0 Å². The van der Waals surface area contributed by atoms with Crippen molar-refractivity contribution in [3.05, 3.63) is 0 Å². The predicted octanol–water partition coefficient (Wildman–Crippen LogP) is 31.5. The van der Waals surface area contributed by atoms with Crippen molar-refractivity contribution in [2.75, 3.05) is 13.7 Å². The normalized spacial score (nSPS) is 18.4. The molecule has 7 atom stereocenters. The molecule has 0 aromatic rings. The van der Waals surface area contributed by atoms with Gasteiger partial charge < -0.3 is 14.9 Å². The highest BCUT2D eigenvalue weighted by Gasteiger charge is 2.58. The lowest BCUT2D eigenvalue weighted by Crippen LogP contribution is -2.39. The van der Waals surface area contributed by atoms with Gasteiger partial charge in [0.1, 0.15) is 23.4 Å². The van der Waals surface area contributed by atoms with Crippen molar-refractivity contribution in [2.24, 2.45) is 140 Å². The minimum Gasteiger partial charge on any atom is -0.481 e. The minimum atomic E-state index is -4.43. The summed E-state index contributed by atoms with van der Waals surface area (Å²) >= 11 is 0. The molecule has 644 valence electrons. The largest absolute Gasteiger partial charge is 0.481 e. The monoisotopic (exact) mass is 1530 g/mol. The molecule has 0 amide bonds. The molecule has 0 bridgehead atoms. The number of methoxy groups -OCH3 is 1. The van der Waals surface area contributed by atoms with Crippen molar-refractivity contribution in [3.63, 3.8) is 0 Å². The number of carbonyl (C=O) groups is 4. The topological polar surface area (TPSA) is 118 Å². The lowest BCUT2D eigenvalue weighted by atomic mass is 9.56. The van der Waals surface area contributed by atoms with Crippen LogP contribution in [0.2, 0.25) is 0 Å². The van der Waals surface area contributed by atoms with E-state index >= 15 is 0 Å². The standard InChI is InChI=1S/C10H22.2C9H18.C9H20.2C8H13F3O.C8H14O2.C8H18O.C8H16.C8H18.C7H14O2.CH4/c1-8(9(2,3)4)10(5,6)7;1-8(2,3)9(4)6-5-7-9;1-7(8-5-6-8)9(2,3)4;1-7(2)8(3)9(4,5)6;2*1-5(12)6(7(2,3)4)8(9,10)11;1-7(2,3)8(4-5-8)6(9)10;1-7(6-9-5)8(2,3)4;1-7(2,3)8(4)5-6-8;1-6-7(2)8(3,4)5;1-5(6(8)9)7(2,3)4;/h8H,1-7H3;5-7H2,1-4H3;7-8H,5-6H2,1-4H3;7-8H,1-6H3;2*6H,1-4H3;4-5H2,1-3H3,(H,9,10);7H,6H2,1-5H3;5-6H2,1-4H3;7H,6H2,1-5H3;5H,1-4H3,(H,8,9);1H4/t;;7-;8-;2*6-;;7-;;7-;5-;/m..1110.1.11./s1. The van der Waals surface area contributed by atoms with E-state index in [-0.39, 0.29) is 24.2 Å². The highest BCUT2D eigenvalue weighted by molar-refractivity contribution is 5.80. The Morgan fingerprint density at radius 1 is 0.415 bits per heavy atom. The molecular formula is C93H188F6O7. The molecule has 0 unspecified atom stereocenters. The van der Waals surface area contributed by atoms with Gasteiger partial charge in [0.15, 0.2) is 0 Å². The van der Waals surface area contributed by atoms with Crippen molar-refractivity contribution in [1.82, 2.24) is 0 Å². The number of halogens is 6. The molecule has 13 heteroatoms. The maximum Gasteiger partial charge on any atom is 0.399 e. The van der Waals surface area contributed by atoms with Crippen LogP contribution in [0.4, 0.5) is 26.3 Å². The van der Waals surface area contributed by atoms with Crippen molar-refractivity contribution < 1.29 is 60.5 Å². The maximum absolute atomic E-state index is 12.2. The molecule has 0 radical (unpaired) electrons. The van der Waals surface area contributed by atoms with Crippen LogP contribution in [0.15, 0.2) is 0 Å². The number of hydrogen-bond acceptors (Lipinski definition) is 5. The van der Waals surface area contributed by atoms with Crippen LogP contribution >= 0.6 is 0 Å². The number of carbonyl (C=O) groups excluding carboxylic acids is 2. The molecular weight excluding hydrogens is 1340 g/mol. The summed E-state index contributed by atoms with van der Waals surface area (Å²) in [5.41, 5.74) is 2.54. The zero-order chi connectivity index (χ0) is 87.1. The Balaban J connectivity index is -0.000000166. The summed E-state index contributed by atoms with van der Waals surface area (Å²) in [6.45, 7) is 103. The number of carboxylic acid groups (broad SMARTS) is 2. The lowest BCUT2D eigenvalue weighted by Gasteiger charge is -2.49. The second kappa shape index (κ2) is 45.1. The first kappa shape index (κ1) is 120. The maximum atomic E-state index is 12.2. The minimum absolute atomic E-state index is 0. The van der Waals surface area contributed by atoms with E-state index in [1.165, 1.54) is 92.9 Å². The van der Waals surface area contributed by atoms with Crippen LogP contribution in [-0.4, -0.2) is 59.8 Å². The average Bonchev–Trinajstić information content (AvgIpc) is 1.60. The predicted molar refractivity (Wildman–Crippen MR) is 452 cm³/mol. The van der Waals surface area contributed by atoms with E-state index in [1.54, 1.807) is 14.0 Å². The quantitative estimate of drug-likeness (QED) is 0.221. The summed E-state index contributed by atoms with van der Waals surface area (Å²) in [6, 6.07) is 0. The van der Waals surface area contributed by atoms with Crippen LogP contribution in [0, 0.1) is 140 Å². The van der Waals surface area contributed by atoms with E-state index in [4.69, 9.17) is 14.9 Å². The number of rotatable bonds is 9. The molecule has 0 heterocycles. The van der Waals surface area contributed by atoms with Gasteiger partial charge in [0.25, 0.3) is 0 Å². The third-order valence-corrected chi connectivity index (χ3v) is 25.2. The van der Waals surface area contributed by atoms with Gasteiger partial charge in [-0.1, -0.05) is 346 Å². The summed E-state index contributed by atoms with van der Waals surface area (Å²) in [5, 5.41) is 17.4. The van der Waals surface area contributed by atoms with E-state index < -0.39 is 63.9 Å². The van der Waals surface area contributed by atoms with Crippen molar-refractivity contribution >= 4 is 23.5 Å². The molecule has 2 N–H and O–H groups in total. The highest BCUT2D eigenvalue weighted by Crippen LogP contribution is 2.59. The van der Waals surface area contributed by atoms with Gasteiger partial charge in [0, 0.05) is 13.7 Å². The first-order chi connectivity index (χ1) is 45.3. The first-order valence-electron chi connectivity index (χ1n) is 40.4. The Hall–Kier alpha value is -2.18. The molecule has 0 aromatic carbocycles. The summed E-state index contributed by atoms with van der Waals surface area (Å²) < 4.78 is 78.5. The van der Waals surface area contributed by atoms with Crippen molar-refractivity contribution in [3.8, 4) is 0 Å². The number of ether oxygens (including phenoxy) is 1. The van der Waals surface area contributed by atoms with Crippen LogP contribution in [0.3, 0.4) is 0 Å². The molecule has 4 fully saturated rings. The molecule has 0 saturated heterocycles. The van der Waals surface area contributed by atoms with Gasteiger partial charge in [-0.3, -0.25) is 19.2 Å². The van der Waals surface area contributed by atoms with Gasteiger partial charge >= 0.3 is 24.3 Å². The highest BCUT2D eigenvalue weighted by atomic mass is 19.4. The third-order valence-electron chi connectivity index (χ3n) is 25.2. The van der Waals surface area contributed by atoms with Crippen LogP contribution < -0.4 is 0 Å². The van der Waals surface area contributed by atoms with Crippen LogP contribution in [-0.2, 0) is 23.9 Å². The van der Waals surface area contributed by atoms with E-state index in [1.807, 2.05) is 41.5 Å². The summed E-state index contributed by atoms with van der Waals surface area (Å²) in [4.78, 5) is 42.5. The third kappa shape index (κ3) is 50.7. The summed E-state index contributed by atoms with van der Waals surface area (Å²) in [5.74, 6) is -1.10. The Labute approximate surface area is 658 Å². The van der Waals surface area contributed by atoms with E-state index in [0.29, 0.717) is 60.1 Å². The number of carboxylic acids is 2. The second-order valence-corrected chi connectivity index (χ2v) is 46.2. The van der Waals surface area contributed by atoms with Gasteiger partial charge in [-0.25, -0.2) is 0 Å². The number of ketones is 2. The molecule has 4 saturated carbocycles. The molecule has 0 aromatic heterocycles. The molecule has 4 rings (SSSR count). The summed E-state index contributed by atoms with van der Waals surface area (Å²) in [7, 11) is 1.75. The number of alkyl halides is 6. The Bertz CT molecular complexity index is 2280. The van der Waals surface area contributed by atoms with Crippen LogP contribution in [0.25, 0.3) is 0 Å². The number of aliphatic carboxylic acids is 2. The molecule has 7 nitrogen and oxygen atoms in total. The van der Waals surface area contributed by atoms with Gasteiger partial charge in [-0.2, -0.15) is 26.3 Å². The molecule has 0 aliphatic heterocycles. The van der Waals surface area contributed by atoms with Gasteiger partial charge in [0.05, 0.1) is 11.3 Å².